The van der Waals surface area contributed by atoms with Gasteiger partial charge in [-0.25, -0.2) is 4.99 Å². The van der Waals surface area contributed by atoms with Crippen molar-refractivity contribution in [2.24, 2.45) is 15.7 Å². The van der Waals surface area contributed by atoms with Crippen LogP contribution < -0.4 is 16.0 Å². The molecule has 196 valence electrons. The molecule has 4 N–H and O–H groups in total. The first-order valence-corrected chi connectivity index (χ1v) is 12.9. The van der Waals surface area contributed by atoms with Crippen LogP contribution in [0.2, 0.25) is 0 Å². The highest BCUT2D eigenvalue weighted by molar-refractivity contribution is 6.19. The van der Waals surface area contributed by atoms with E-state index in [-0.39, 0.29) is 18.0 Å². The first-order chi connectivity index (χ1) is 18.4. The number of amidine groups is 1. The van der Waals surface area contributed by atoms with Gasteiger partial charge in [0.1, 0.15) is 0 Å². The van der Waals surface area contributed by atoms with Crippen LogP contribution in [0.25, 0.3) is 0 Å². The number of nitrogens with one attached hydrogen (secondary N) is 2. The lowest BCUT2D eigenvalue weighted by molar-refractivity contribution is -0.117. The molecule has 5 rings (SSSR count). The smallest absolute Gasteiger partial charge is 0.291 e. The van der Waals surface area contributed by atoms with Crippen molar-refractivity contribution in [3.05, 3.63) is 77.5 Å². The van der Waals surface area contributed by atoms with Gasteiger partial charge in [0.05, 0.1) is 17.0 Å². The Balaban J connectivity index is 1.44. The number of amides is 1. The maximum atomic E-state index is 13.1. The summed E-state index contributed by atoms with van der Waals surface area (Å²) in [6.45, 7) is 5.81. The zero-order valence-electron chi connectivity index (χ0n) is 21.6. The number of rotatable bonds is 5. The van der Waals surface area contributed by atoms with Crippen LogP contribution in [0.1, 0.15) is 55.8 Å². The fraction of sp³-hybridized carbons (Fsp3) is 0.321. The summed E-state index contributed by atoms with van der Waals surface area (Å²) in [5.41, 5.74) is 9.54. The quantitative estimate of drug-likeness (QED) is 0.352. The van der Waals surface area contributed by atoms with Gasteiger partial charge in [-0.1, -0.05) is 48.5 Å². The van der Waals surface area contributed by atoms with Gasteiger partial charge < -0.3 is 20.7 Å². The second kappa shape index (κ2) is 10.9. The molecule has 1 saturated heterocycles. The normalized spacial score (nSPS) is 17.9. The molecule has 38 heavy (non-hydrogen) atoms. The summed E-state index contributed by atoms with van der Waals surface area (Å²) in [4.78, 5) is 24.2. The average Bonchev–Trinajstić information content (AvgIpc) is 3.33. The Labute approximate surface area is 221 Å². The third-order valence-corrected chi connectivity index (χ3v) is 6.57. The number of aliphatic imine (C=N–C) groups is 2. The SMILES string of the molecule is CC(C)n1cc(C(=N)OC(N)=NC2N=C(c3ccccc3)c3ccccc3NC2=O)c(N2CCCCC2)n1. The molecule has 0 radical (unpaired) electrons. The number of hydrogen-bond donors (Lipinski definition) is 3. The Kier molecular flexibility index (Phi) is 7.21. The molecule has 10 nitrogen and oxygen atoms in total. The third kappa shape index (κ3) is 5.29. The summed E-state index contributed by atoms with van der Waals surface area (Å²) in [6.07, 6.45) is 3.94. The van der Waals surface area contributed by atoms with Gasteiger partial charge in [0.2, 0.25) is 12.1 Å². The number of benzodiazepines with no additional fused rings is 1. The molecule has 0 saturated carbocycles. The van der Waals surface area contributed by atoms with Crippen molar-refractivity contribution < 1.29 is 9.53 Å². The molecule has 3 aromatic rings. The van der Waals surface area contributed by atoms with E-state index in [2.05, 4.69) is 20.2 Å². The monoisotopic (exact) mass is 512 g/mol. The molecule has 10 heteroatoms. The van der Waals surface area contributed by atoms with Gasteiger partial charge in [0.15, 0.2) is 5.82 Å². The summed E-state index contributed by atoms with van der Waals surface area (Å²) in [5, 5.41) is 16.3. The van der Waals surface area contributed by atoms with Gasteiger partial charge in [-0.05, 0) is 39.2 Å². The molecule has 2 aliphatic heterocycles. The number of anilines is 2. The number of piperidine rings is 1. The van der Waals surface area contributed by atoms with Crippen molar-refractivity contribution in [3.63, 3.8) is 0 Å². The fourth-order valence-electron chi connectivity index (χ4n) is 4.61. The fourth-order valence-corrected chi connectivity index (χ4v) is 4.61. The zero-order valence-corrected chi connectivity index (χ0v) is 21.6. The van der Waals surface area contributed by atoms with Crippen LogP contribution in [-0.2, 0) is 9.53 Å². The van der Waals surface area contributed by atoms with Crippen molar-refractivity contribution in [1.29, 1.82) is 5.41 Å². The minimum absolute atomic E-state index is 0.119. The zero-order chi connectivity index (χ0) is 26.6. The van der Waals surface area contributed by atoms with E-state index in [4.69, 9.17) is 21.0 Å². The van der Waals surface area contributed by atoms with Gasteiger partial charge in [-0.3, -0.25) is 14.9 Å². The number of aromatic nitrogens is 2. The number of carbonyl (C=O) groups is 1. The Morgan fingerprint density at radius 1 is 1.11 bits per heavy atom. The van der Waals surface area contributed by atoms with Crippen LogP contribution in [0.4, 0.5) is 11.5 Å². The van der Waals surface area contributed by atoms with Crippen LogP contribution in [0.5, 0.6) is 0 Å². The molecule has 0 bridgehead atoms. The van der Waals surface area contributed by atoms with E-state index in [1.54, 1.807) is 6.20 Å². The van der Waals surface area contributed by atoms with Gasteiger partial charge in [0.25, 0.3) is 11.9 Å². The van der Waals surface area contributed by atoms with Crippen LogP contribution in [0.15, 0.2) is 70.8 Å². The van der Waals surface area contributed by atoms with E-state index in [9.17, 15) is 4.79 Å². The average molecular weight is 513 g/mol. The van der Waals surface area contributed by atoms with Crippen molar-refractivity contribution in [3.8, 4) is 0 Å². The number of benzene rings is 2. The number of nitrogens with two attached hydrogens (primary N) is 1. The highest BCUT2D eigenvalue weighted by atomic mass is 16.5. The van der Waals surface area contributed by atoms with Crippen LogP contribution in [0, 0.1) is 5.41 Å². The predicted molar refractivity (Wildman–Crippen MR) is 149 cm³/mol. The first-order valence-electron chi connectivity index (χ1n) is 12.9. The Morgan fingerprint density at radius 3 is 2.55 bits per heavy atom. The Hall–Kier alpha value is -4.47. The van der Waals surface area contributed by atoms with E-state index in [1.807, 2.05) is 73.1 Å². The number of hydrogen-bond acceptors (Lipinski definition) is 7. The van der Waals surface area contributed by atoms with Crippen molar-refractivity contribution >= 4 is 35.0 Å². The predicted octanol–water partition coefficient (Wildman–Crippen LogP) is 3.93. The second-order valence-electron chi connectivity index (χ2n) is 9.64. The maximum absolute atomic E-state index is 13.1. The number of carbonyl (C=O) groups excluding carboxylic acids is 1. The highest BCUT2D eigenvalue weighted by Gasteiger charge is 2.27. The van der Waals surface area contributed by atoms with Crippen LogP contribution >= 0.6 is 0 Å². The van der Waals surface area contributed by atoms with Gasteiger partial charge in [-0.15, -0.1) is 0 Å². The third-order valence-electron chi connectivity index (χ3n) is 6.57. The minimum Gasteiger partial charge on any atom is -0.407 e. The van der Waals surface area contributed by atoms with Gasteiger partial charge in [0, 0.05) is 36.5 Å². The molecule has 1 aromatic heterocycles. The van der Waals surface area contributed by atoms with Crippen LogP contribution in [-0.4, -0.2) is 52.6 Å². The number of nitrogens with zero attached hydrogens (tertiary/aromatic N) is 5. The minimum atomic E-state index is -1.19. The standard InChI is InChI=1S/C28H32N8O2/c1-18(2)36-17-21(26(34-36)35-15-9-4-10-16-35)24(29)38-28(30)33-25-27(37)31-22-14-8-7-13-20(22)23(32-25)19-11-5-3-6-12-19/h3,5-8,11-14,17-18,25,29H,4,9-10,15-16H2,1-2H3,(H2,30,33)(H,31,37). The second-order valence-corrected chi connectivity index (χ2v) is 9.64. The maximum Gasteiger partial charge on any atom is 0.291 e. The molecule has 2 aromatic carbocycles. The molecule has 1 fully saturated rings. The van der Waals surface area contributed by atoms with Crippen LogP contribution in [0.3, 0.4) is 0 Å². The van der Waals surface area contributed by atoms with Crippen molar-refractivity contribution in [2.45, 2.75) is 45.3 Å². The lowest BCUT2D eigenvalue weighted by Crippen LogP contribution is -2.32. The van der Waals surface area contributed by atoms with E-state index >= 15 is 0 Å². The van der Waals surface area contributed by atoms with Crippen molar-refractivity contribution in [2.75, 3.05) is 23.3 Å². The Morgan fingerprint density at radius 2 is 1.82 bits per heavy atom. The lowest BCUT2D eigenvalue weighted by atomic mass is 10.0. The summed E-state index contributed by atoms with van der Waals surface area (Å²) < 4.78 is 7.47. The molecule has 0 aliphatic carbocycles. The molecule has 1 unspecified atom stereocenters. The van der Waals surface area contributed by atoms with E-state index < -0.39 is 12.1 Å². The summed E-state index contributed by atoms with van der Waals surface area (Å²) >= 11 is 0. The molecule has 0 spiro atoms. The molecule has 2 aliphatic rings. The molecule has 1 atom stereocenters. The van der Waals surface area contributed by atoms with E-state index in [0.29, 0.717) is 22.8 Å². The first kappa shape index (κ1) is 25.2. The Bertz CT molecular complexity index is 1390. The molecular weight excluding hydrogens is 480 g/mol. The summed E-state index contributed by atoms with van der Waals surface area (Å²) in [6, 6.07) is 16.9. The molecule has 3 heterocycles. The van der Waals surface area contributed by atoms with Crippen molar-refractivity contribution in [1.82, 2.24) is 9.78 Å². The number of para-hydroxylation sites is 1. The van der Waals surface area contributed by atoms with E-state index in [1.165, 1.54) is 6.42 Å². The summed E-state index contributed by atoms with van der Waals surface area (Å²) in [5.74, 6) is 0.0784. The number of ether oxygens (including phenoxy) is 1. The largest absolute Gasteiger partial charge is 0.407 e. The topological polar surface area (TPSA) is 134 Å². The van der Waals surface area contributed by atoms with Gasteiger partial charge >= 0.3 is 0 Å². The molecular formula is C28H32N8O2. The lowest BCUT2D eigenvalue weighted by Gasteiger charge is -2.27. The highest BCUT2D eigenvalue weighted by Crippen LogP contribution is 2.26. The molecule has 1 amide bonds. The summed E-state index contributed by atoms with van der Waals surface area (Å²) in [7, 11) is 0. The number of fused-ring (bicyclic) bond motifs is 1. The van der Waals surface area contributed by atoms with E-state index in [0.717, 1.165) is 37.1 Å². The van der Waals surface area contributed by atoms with Gasteiger partial charge in [-0.2, -0.15) is 10.1 Å².